The number of nitrogens with zero attached hydrogens (tertiary/aromatic N) is 3. The number of hydrogen-bond acceptors (Lipinski definition) is 5. The Hall–Kier alpha value is -1.83. The summed E-state index contributed by atoms with van der Waals surface area (Å²) in [6.07, 6.45) is -4.65. The average molecular weight is 293 g/mol. The van der Waals surface area contributed by atoms with Crippen molar-refractivity contribution < 1.29 is 17.7 Å². The molecule has 0 aliphatic rings. The molecule has 9 heteroatoms. The summed E-state index contributed by atoms with van der Waals surface area (Å²) in [4.78, 5) is 6.45. The predicted octanol–water partition coefficient (Wildman–Crippen LogP) is 3.06. The van der Waals surface area contributed by atoms with Crippen LogP contribution >= 0.6 is 11.6 Å². The molecule has 0 aromatic carbocycles. The van der Waals surface area contributed by atoms with Gasteiger partial charge in [0.1, 0.15) is 11.0 Å². The van der Waals surface area contributed by atoms with Crippen molar-refractivity contribution in [2.24, 2.45) is 0 Å². The van der Waals surface area contributed by atoms with Gasteiger partial charge in [0.15, 0.2) is 5.76 Å². The molecular formula is C10H8ClF3N4O. The first-order valence-electron chi connectivity index (χ1n) is 5.12. The molecule has 19 heavy (non-hydrogen) atoms. The maximum absolute atomic E-state index is 12.5. The molecule has 102 valence electrons. The fourth-order valence-corrected chi connectivity index (χ4v) is 1.50. The number of rotatable bonds is 3. The molecule has 2 heterocycles. The summed E-state index contributed by atoms with van der Waals surface area (Å²) in [5, 5.41) is 6.01. The zero-order valence-electron chi connectivity index (χ0n) is 9.62. The van der Waals surface area contributed by atoms with Gasteiger partial charge in [-0.2, -0.15) is 13.2 Å². The van der Waals surface area contributed by atoms with Crippen molar-refractivity contribution in [2.45, 2.75) is 19.6 Å². The maximum Gasteiger partial charge on any atom is 0.451 e. The second-order valence-electron chi connectivity index (χ2n) is 3.69. The van der Waals surface area contributed by atoms with Gasteiger partial charge in [-0.05, 0) is 6.92 Å². The molecular weight excluding hydrogens is 285 g/mol. The van der Waals surface area contributed by atoms with E-state index in [-0.39, 0.29) is 17.5 Å². The van der Waals surface area contributed by atoms with Gasteiger partial charge < -0.3 is 9.84 Å². The fraction of sp³-hybridized carbons (Fsp3) is 0.300. The van der Waals surface area contributed by atoms with E-state index >= 15 is 0 Å². The van der Waals surface area contributed by atoms with E-state index in [1.807, 2.05) is 0 Å². The van der Waals surface area contributed by atoms with Crippen LogP contribution in [0.15, 0.2) is 16.7 Å². The van der Waals surface area contributed by atoms with Gasteiger partial charge in [0.05, 0.1) is 12.2 Å². The van der Waals surface area contributed by atoms with Crippen LogP contribution < -0.4 is 5.32 Å². The van der Waals surface area contributed by atoms with Gasteiger partial charge in [-0.1, -0.05) is 16.8 Å². The van der Waals surface area contributed by atoms with Crippen molar-refractivity contribution in [2.75, 3.05) is 5.32 Å². The molecule has 0 aliphatic carbocycles. The molecule has 0 spiro atoms. The third-order valence-electron chi connectivity index (χ3n) is 2.07. The van der Waals surface area contributed by atoms with Gasteiger partial charge in [0, 0.05) is 12.1 Å². The number of anilines is 1. The molecule has 0 fully saturated rings. The topological polar surface area (TPSA) is 63.8 Å². The third-order valence-corrected chi connectivity index (χ3v) is 2.26. The standard InChI is InChI=1S/C10H8ClF3N4O/c1-5-2-6(19-18-5)4-15-8-3-7(11)16-9(17-8)10(12,13)14/h2-3H,4H2,1H3,(H,15,16,17). The minimum Gasteiger partial charge on any atom is -0.363 e. The zero-order valence-corrected chi connectivity index (χ0v) is 10.4. The van der Waals surface area contributed by atoms with Gasteiger partial charge in [-0.3, -0.25) is 0 Å². The second kappa shape index (κ2) is 5.04. The Morgan fingerprint density at radius 3 is 2.63 bits per heavy atom. The lowest BCUT2D eigenvalue weighted by atomic mass is 10.4. The van der Waals surface area contributed by atoms with Gasteiger partial charge in [-0.15, -0.1) is 0 Å². The Kier molecular flexibility index (Phi) is 3.61. The third kappa shape index (κ3) is 3.57. The van der Waals surface area contributed by atoms with Crippen LogP contribution in [0.5, 0.6) is 0 Å². The van der Waals surface area contributed by atoms with Crippen molar-refractivity contribution in [1.82, 2.24) is 15.1 Å². The Balaban J connectivity index is 2.14. The Labute approximate surface area is 110 Å². The largest absolute Gasteiger partial charge is 0.451 e. The number of aromatic nitrogens is 3. The van der Waals surface area contributed by atoms with Crippen molar-refractivity contribution in [3.8, 4) is 0 Å². The van der Waals surface area contributed by atoms with Crippen LogP contribution in [-0.4, -0.2) is 15.1 Å². The van der Waals surface area contributed by atoms with E-state index in [1.165, 1.54) is 6.07 Å². The van der Waals surface area contributed by atoms with Gasteiger partial charge in [0.2, 0.25) is 5.82 Å². The van der Waals surface area contributed by atoms with E-state index in [0.29, 0.717) is 11.5 Å². The molecule has 0 saturated carbocycles. The SMILES string of the molecule is Cc1cc(CNc2cc(Cl)nc(C(F)(F)F)n2)on1. The Morgan fingerprint density at radius 1 is 1.32 bits per heavy atom. The first-order valence-corrected chi connectivity index (χ1v) is 5.50. The van der Waals surface area contributed by atoms with Crippen LogP contribution in [0.25, 0.3) is 0 Å². The van der Waals surface area contributed by atoms with Gasteiger partial charge >= 0.3 is 6.18 Å². The first kappa shape index (κ1) is 13.6. The fourth-order valence-electron chi connectivity index (χ4n) is 1.31. The minimum absolute atomic E-state index is 0.0404. The van der Waals surface area contributed by atoms with Crippen molar-refractivity contribution in [3.63, 3.8) is 0 Å². The molecule has 2 aromatic heterocycles. The van der Waals surface area contributed by atoms with E-state index in [4.69, 9.17) is 16.1 Å². The quantitative estimate of drug-likeness (QED) is 0.881. The monoisotopic (exact) mass is 292 g/mol. The highest BCUT2D eigenvalue weighted by atomic mass is 35.5. The Bertz CT molecular complexity index is 584. The molecule has 5 nitrogen and oxygen atoms in total. The smallest absolute Gasteiger partial charge is 0.363 e. The average Bonchev–Trinajstić information content (AvgIpc) is 2.71. The number of nitrogens with one attached hydrogen (secondary N) is 1. The van der Waals surface area contributed by atoms with E-state index in [2.05, 4.69) is 20.4 Å². The van der Waals surface area contributed by atoms with Crippen molar-refractivity contribution >= 4 is 17.4 Å². The maximum atomic E-state index is 12.5. The van der Waals surface area contributed by atoms with Crippen molar-refractivity contribution in [1.29, 1.82) is 0 Å². The van der Waals surface area contributed by atoms with Gasteiger partial charge in [-0.25, -0.2) is 9.97 Å². The summed E-state index contributed by atoms with van der Waals surface area (Å²) in [6, 6.07) is 2.85. The molecule has 1 N–H and O–H groups in total. The molecule has 0 bridgehead atoms. The molecule has 2 aromatic rings. The van der Waals surface area contributed by atoms with E-state index < -0.39 is 12.0 Å². The number of halogens is 4. The highest BCUT2D eigenvalue weighted by Crippen LogP contribution is 2.28. The second-order valence-corrected chi connectivity index (χ2v) is 4.07. The van der Waals surface area contributed by atoms with Crippen LogP contribution in [-0.2, 0) is 12.7 Å². The number of alkyl halides is 3. The molecule has 0 aliphatic heterocycles. The molecule has 0 unspecified atom stereocenters. The van der Waals surface area contributed by atoms with Crippen molar-refractivity contribution in [3.05, 3.63) is 34.6 Å². The molecule has 2 rings (SSSR count). The lowest BCUT2D eigenvalue weighted by molar-refractivity contribution is -0.144. The highest BCUT2D eigenvalue weighted by molar-refractivity contribution is 6.29. The summed E-state index contributed by atoms with van der Waals surface area (Å²) in [5.41, 5.74) is 0.675. The molecule has 0 saturated heterocycles. The lowest BCUT2D eigenvalue weighted by Crippen LogP contribution is -2.13. The van der Waals surface area contributed by atoms with Crippen LogP contribution in [0.2, 0.25) is 5.15 Å². The van der Waals surface area contributed by atoms with Gasteiger partial charge in [0.25, 0.3) is 0 Å². The number of aryl methyl sites for hydroxylation is 1. The summed E-state index contributed by atoms with van der Waals surface area (Å²) >= 11 is 5.52. The van der Waals surface area contributed by atoms with Crippen LogP contribution in [0, 0.1) is 6.92 Å². The summed E-state index contributed by atoms with van der Waals surface area (Å²) in [5.74, 6) is -0.863. The Morgan fingerprint density at radius 2 is 2.05 bits per heavy atom. The summed E-state index contributed by atoms with van der Waals surface area (Å²) < 4.78 is 42.3. The zero-order chi connectivity index (χ0) is 14.0. The normalized spacial score (nSPS) is 11.6. The predicted molar refractivity (Wildman–Crippen MR) is 60.6 cm³/mol. The van der Waals surface area contributed by atoms with E-state index in [9.17, 15) is 13.2 Å². The van der Waals surface area contributed by atoms with Crippen LogP contribution in [0.1, 0.15) is 17.3 Å². The highest BCUT2D eigenvalue weighted by Gasteiger charge is 2.35. The first-order chi connectivity index (χ1) is 8.84. The van der Waals surface area contributed by atoms with Crippen LogP contribution in [0.3, 0.4) is 0 Å². The van der Waals surface area contributed by atoms with Crippen LogP contribution in [0.4, 0.5) is 19.0 Å². The summed E-state index contributed by atoms with van der Waals surface area (Å²) in [6.45, 7) is 1.88. The van der Waals surface area contributed by atoms with E-state index in [1.54, 1.807) is 13.0 Å². The molecule has 0 amide bonds. The molecule has 0 radical (unpaired) electrons. The molecule has 0 atom stereocenters. The minimum atomic E-state index is -4.65. The summed E-state index contributed by atoms with van der Waals surface area (Å²) in [7, 11) is 0. The number of hydrogen-bond donors (Lipinski definition) is 1. The lowest BCUT2D eigenvalue weighted by Gasteiger charge is -2.08. The van der Waals surface area contributed by atoms with E-state index in [0.717, 1.165) is 0 Å².